The number of hydrogen-bond donors (Lipinski definition) is 2. The van der Waals surface area contributed by atoms with Crippen LogP contribution in [0, 0.1) is 23.6 Å². The fraction of sp³-hybridized carbons (Fsp3) is 0.522. The second-order valence-corrected chi connectivity index (χ2v) is 9.92. The molecule has 2 atom stereocenters. The normalized spacial score (nSPS) is 30.3. The number of Topliss-reactive ketones (excluding diaryl/α,β-unsaturated/α-hetero) is 1. The first-order valence-corrected chi connectivity index (χ1v) is 11.1. The standard InChI is InChI=1S/C23H25ClFN3O3/c1-28-11-26-20(21(28)22(30)27-16-2-3-19(25)18(24)8-16)12-4-13-9-23(31,10-14(13)5-12)15-6-17(29)7-15/h2-3,8,11-15,31H,4-7,9-10H2,1H3,(H,27,30). The fourth-order valence-corrected chi connectivity index (χ4v) is 6.10. The highest BCUT2D eigenvalue weighted by Gasteiger charge is 2.55. The molecule has 5 rings (SSSR count). The summed E-state index contributed by atoms with van der Waals surface area (Å²) in [6.07, 6.45) is 5.89. The number of aryl methyl sites for hydroxylation is 1. The van der Waals surface area contributed by atoms with Crippen LogP contribution < -0.4 is 5.32 Å². The van der Waals surface area contributed by atoms with Crippen molar-refractivity contribution in [3.05, 3.63) is 46.8 Å². The summed E-state index contributed by atoms with van der Waals surface area (Å²) in [5, 5.41) is 13.8. The maximum atomic E-state index is 13.4. The SMILES string of the molecule is Cn1cnc(C2CC3CC(O)(C4CC(=O)C4)CC3C2)c1C(=O)Nc1ccc(F)c(Cl)c1. The maximum Gasteiger partial charge on any atom is 0.274 e. The molecule has 164 valence electrons. The van der Waals surface area contributed by atoms with Crippen LogP contribution in [-0.4, -0.2) is 31.9 Å². The summed E-state index contributed by atoms with van der Waals surface area (Å²) >= 11 is 5.83. The molecule has 2 N–H and O–H groups in total. The molecule has 1 heterocycles. The van der Waals surface area contributed by atoms with Gasteiger partial charge >= 0.3 is 0 Å². The molecular formula is C23H25ClFN3O3. The second-order valence-electron chi connectivity index (χ2n) is 9.52. The van der Waals surface area contributed by atoms with Crippen LogP contribution in [0.15, 0.2) is 24.5 Å². The summed E-state index contributed by atoms with van der Waals surface area (Å²) in [6, 6.07) is 4.08. The number of aromatic nitrogens is 2. The maximum absolute atomic E-state index is 13.4. The molecule has 1 amide bonds. The molecule has 0 bridgehead atoms. The Morgan fingerprint density at radius 3 is 2.58 bits per heavy atom. The van der Waals surface area contributed by atoms with E-state index < -0.39 is 11.4 Å². The minimum atomic E-state index is -0.708. The number of fused-ring (bicyclic) bond motifs is 1. The lowest BCUT2D eigenvalue weighted by atomic mass is 9.70. The topological polar surface area (TPSA) is 84.2 Å². The second kappa shape index (κ2) is 7.41. The average Bonchev–Trinajstić information content (AvgIpc) is 3.33. The summed E-state index contributed by atoms with van der Waals surface area (Å²) in [6.45, 7) is 0. The van der Waals surface area contributed by atoms with E-state index in [0.29, 0.717) is 36.1 Å². The van der Waals surface area contributed by atoms with E-state index in [2.05, 4.69) is 10.3 Å². The largest absolute Gasteiger partial charge is 0.390 e. The molecule has 3 aliphatic rings. The number of nitrogens with one attached hydrogen (secondary N) is 1. The predicted octanol–water partition coefficient (Wildman–Crippen LogP) is 4.08. The Kier molecular flexibility index (Phi) is 4.94. The van der Waals surface area contributed by atoms with Crippen molar-refractivity contribution in [2.75, 3.05) is 5.32 Å². The lowest BCUT2D eigenvalue weighted by Crippen LogP contribution is -2.44. The Morgan fingerprint density at radius 2 is 1.97 bits per heavy atom. The van der Waals surface area contributed by atoms with Gasteiger partial charge < -0.3 is 15.0 Å². The van der Waals surface area contributed by atoms with Gasteiger partial charge in [-0.1, -0.05) is 11.6 Å². The molecule has 3 aliphatic carbocycles. The highest BCUT2D eigenvalue weighted by molar-refractivity contribution is 6.31. The first kappa shape index (κ1) is 20.6. The van der Waals surface area contributed by atoms with E-state index in [1.807, 2.05) is 0 Å². The number of rotatable bonds is 4. The summed E-state index contributed by atoms with van der Waals surface area (Å²) in [7, 11) is 1.78. The summed E-state index contributed by atoms with van der Waals surface area (Å²) < 4.78 is 15.1. The van der Waals surface area contributed by atoms with Crippen molar-refractivity contribution < 1.29 is 19.1 Å². The molecule has 6 nitrogen and oxygen atoms in total. The van der Waals surface area contributed by atoms with E-state index in [-0.39, 0.29) is 28.5 Å². The van der Waals surface area contributed by atoms with Gasteiger partial charge in [0.25, 0.3) is 5.91 Å². The van der Waals surface area contributed by atoms with Crippen molar-refractivity contribution in [2.45, 2.75) is 50.0 Å². The summed E-state index contributed by atoms with van der Waals surface area (Å²) in [5.74, 6) is 0.451. The van der Waals surface area contributed by atoms with Gasteiger partial charge in [-0.25, -0.2) is 9.37 Å². The lowest BCUT2D eigenvalue weighted by molar-refractivity contribution is -0.137. The van der Waals surface area contributed by atoms with Crippen molar-refractivity contribution in [3.63, 3.8) is 0 Å². The van der Waals surface area contributed by atoms with Crippen LogP contribution >= 0.6 is 11.6 Å². The molecule has 8 heteroatoms. The van der Waals surface area contributed by atoms with Crippen LogP contribution in [0.1, 0.15) is 60.6 Å². The number of amides is 1. The Morgan fingerprint density at radius 1 is 1.29 bits per heavy atom. The van der Waals surface area contributed by atoms with E-state index in [4.69, 9.17) is 11.6 Å². The molecule has 3 saturated carbocycles. The minimum absolute atomic E-state index is 0.0488. The quantitative estimate of drug-likeness (QED) is 0.742. The van der Waals surface area contributed by atoms with Crippen molar-refractivity contribution in [1.82, 2.24) is 9.55 Å². The predicted molar refractivity (Wildman–Crippen MR) is 113 cm³/mol. The van der Waals surface area contributed by atoms with Gasteiger partial charge in [0.2, 0.25) is 0 Å². The molecule has 0 spiro atoms. The highest BCUT2D eigenvalue weighted by Crippen LogP contribution is 2.57. The Hall–Kier alpha value is -2.25. The Bertz CT molecular complexity index is 1050. The van der Waals surface area contributed by atoms with Gasteiger partial charge in [-0.2, -0.15) is 0 Å². The molecular weight excluding hydrogens is 421 g/mol. The minimum Gasteiger partial charge on any atom is -0.390 e. The van der Waals surface area contributed by atoms with Gasteiger partial charge in [0, 0.05) is 37.4 Å². The van der Waals surface area contributed by atoms with E-state index in [9.17, 15) is 19.1 Å². The Labute approximate surface area is 184 Å². The molecule has 0 radical (unpaired) electrons. The third-order valence-electron chi connectivity index (χ3n) is 7.53. The van der Waals surface area contributed by atoms with Crippen molar-refractivity contribution >= 4 is 29.0 Å². The molecule has 1 aromatic carbocycles. The van der Waals surface area contributed by atoms with E-state index in [1.54, 1.807) is 17.9 Å². The zero-order chi connectivity index (χ0) is 21.9. The van der Waals surface area contributed by atoms with E-state index in [1.165, 1.54) is 18.2 Å². The number of imidazole rings is 1. The van der Waals surface area contributed by atoms with Crippen LogP contribution in [0.2, 0.25) is 5.02 Å². The number of aliphatic hydroxyl groups is 1. The molecule has 0 aliphatic heterocycles. The number of carbonyl (C=O) groups is 2. The first-order valence-electron chi connectivity index (χ1n) is 10.7. The molecule has 3 fully saturated rings. The van der Waals surface area contributed by atoms with Crippen LogP contribution in [0.25, 0.3) is 0 Å². The molecule has 1 aromatic heterocycles. The van der Waals surface area contributed by atoms with Gasteiger partial charge in [-0.05, 0) is 55.7 Å². The third kappa shape index (κ3) is 3.57. The van der Waals surface area contributed by atoms with E-state index >= 15 is 0 Å². The zero-order valence-electron chi connectivity index (χ0n) is 17.3. The highest BCUT2D eigenvalue weighted by atomic mass is 35.5. The number of benzene rings is 1. The molecule has 2 aromatic rings. The fourth-order valence-electron chi connectivity index (χ4n) is 5.92. The van der Waals surface area contributed by atoms with Gasteiger partial charge in [-0.15, -0.1) is 0 Å². The van der Waals surface area contributed by atoms with Gasteiger partial charge in [-0.3, -0.25) is 9.59 Å². The number of halogens is 2. The summed E-state index contributed by atoms with van der Waals surface area (Å²) in [5.41, 5.74) is 0.975. The van der Waals surface area contributed by atoms with Crippen molar-refractivity contribution in [2.24, 2.45) is 24.8 Å². The summed E-state index contributed by atoms with van der Waals surface area (Å²) in [4.78, 5) is 28.9. The van der Waals surface area contributed by atoms with Gasteiger partial charge in [0.15, 0.2) is 0 Å². The molecule has 2 unspecified atom stereocenters. The van der Waals surface area contributed by atoms with Crippen LogP contribution in [0.4, 0.5) is 10.1 Å². The van der Waals surface area contributed by atoms with Crippen molar-refractivity contribution in [3.8, 4) is 0 Å². The Balaban J connectivity index is 1.30. The smallest absolute Gasteiger partial charge is 0.274 e. The van der Waals surface area contributed by atoms with E-state index in [0.717, 1.165) is 31.4 Å². The lowest BCUT2D eigenvalue weighted by Gasteiger charge is -2.38. The zero-order valence-corrected chi connectivity index (χ0v) is 18.0. The molecule has 0 saturated heterocycles. The third-order valence-corrected chi connectivity index (χ3v) is 7.81. The van der Waals surface area contributed by atoms with Gasteiger partial charge in [0.05, 0.1) is 22.6 Å². The van der Waals surface area contributed by atoms with Crippen LogP contribution in [0.5, 0.6) is 0 Å². The number of anilines is 1. The number of carbonyl (C=O) groups excluding carboxylic acids is 2. The van der Waals surface area contributed by atoms with Crippen molar-refractivity contribution in [1.29, 1.82) is 0 Å². The monoisotopic (exact) mass is 445 g/mol. The van der Waals surface area contributed by atoms with Gasteiger partial charge in [0.1, 0.15) is 17.3 Å². The number of ketones is 1. The first-order chi connectivity index (χ1) is 14.7. The average molecular weight is 446 g/mol. The van der Waals surface area contributed by atoms with Crippen LogP contribution in [0.3, 0.4) is 0 Å². The number of nitrogens with zero attached hydrogens (tertiary/aromatic N) is 2. The number of hydrogen-bond acceptors (Lipinski definition) is 4. The molecule has 31 heavy (non-hydrogen) atoms. The van der Waals surface area contributed by atoms with Crippen LogP contribution in [-0.2, 0) is 11.8 Å².